The SMILES string of the molecule is COCCN1CN(C2CCCC2)CSC1=S. The van der Waals surface area contributed by atoms with E-state index in [-0.39, 0.29) is 0 Å². The molecule has 5 heteroatoms. The van der Waals surface area contributed by atoms with Gasteiger partial charge in [-0.3, -0.25) is 4.90 Å². The third-order valence-corrected chi connectivity index (χ3v) is 4.95. The topological polar surface area (TPSA) is 15.7 Å². The van der Waals surface area contributed by atoms with E-state index < -0.39 is 0 Å². The van der Waals surface area contributed by atoms with Gasteiger partial charge in [-0.15, -0.1) is 0 Å². The van der Waals surface area contributed by atoms with E-state index in [1.54, 1.807) is 18.9 Å². The zero-order valence-electron chi connectivity index (χ0n) is 9.85. The normalized spacial score (nSPS) is 24.3. The lowest BCUT2D eigenvalue weighted by Gasteiger charge is -2.39. The van der Waals surface area contributed by atoms with Crippen molar-refractivity contribution in [2.24, 2.45) is 0 Å². The molecule has 0 bridgehead atoms. The molecule has 0 amide bonds. The number of thioether (sulfide) groups is 1. The highest BCUT2D eigenvalue weighted by Crippen LogP contribution is 2.28. The lowest BCUT2D eigenvalue weighted by Crippen LogP contribution is -2.49. The number of ether oxygens (including phenoxy) is 1. The van der Waals surface area contributed by atoms with Crippen LogP contribution in [0.5, 0.6) is 0 Å². The second kappa shape index (κ2) is 6.19. The van der Waals surface area contributed by atoms with E-state index >= 15 is 0 Å². The molecule has 0 N–H and O–H groups in total. The van der Waals surface area contributed by atoms with Crippen LogP contribution in [0.4, 0.5) is 0 Å². The molecular weight excluding hydrogens is 240 g/mol. The molecule has 2 fully saturated rings. The fraction of sp³-hybridized carbons (Fsp3) is 0.909. The van der Waals surface area contributed by atoms with Crippen molar-refractivity contribution in [3.63, 3.8) is 0 Å². The maximum Gasteiger partial charge on any atom is 0.138 e. The van der Waals surface area contributed by atoms with Crippen LogP contribution < -0.4 is 0 Å². The maximum atomic E-state index is 5.37. The molecule has 2 aliphatic rings. The van der Waals surface area contributed by atoms with Crippen LogP contribution in [-0.2, 0) is 4.74 Å². The van der Waals surface area contributed by atoms with Gasteiger partial charge in [0.1, 0.15) is 4.32 Å². The summed E-state index contributed by atoms with van der Waals surface area (Å²) in [5.41, 5.74) is 0. The van der Waals surface area contributed by atoms with Crippen LogP contribution in [0.3, 0.4) is 0 Å². The van der Waals surface area contributed by atoms with E-state index in [4.69, 9.17) is 17.0 Å². The Labute approximate surface area is 107 Å². The quantitative estimate of drug-likeness (QED) is 0.717. The fourth-order valence-electron chi connectivity index (χ4n) is 2.40. The summed E-state index contributed by atoms with van der Waals surface area (Å²) in [6.07, 6.45) is 5.53. The summed E-state index contributed by atoms with van der Waals surface area (Å²) in [6.45, 7) is 2.69. The zero-order chi connectivity index (χ0) is 11.4. The third-order valence-electron chi connectivity index (χ3n) is 3.37. The molecule has 0 aromatic rings. The van der Waals surface area contributed by atoms with Crippen LogP contribution in [0.2, 0.25) is 0 Å². The van der Waals surface area contributed by atoms with Gasteiger partial charge >= 0.3 is 0 Å². The number of thiocarbonyl (C=S) groups is 1. The van der Waals surface area contributed by atoms with E-state index in [0.29, 0.717) is 0 Å². The monoisotopic (exact) mass is 260 g/mol. The number of hydrogen-bond donors (Lipinski definition) is 0. The van der Waals surface area contributed by atoms with E-state index in [2.05, 4.69) is 9.80 Å². The highest BCUT2D eigenvalue weighted by molar-refractivity contribution is 8.22. The first kappa shape index (κ1) is 12.6. The van der Waals surface area contributed by atoms with Gasteiger partial charge in [-0.1, -0.05) is 36.8 Å². The summed E-state index contributed by atoms with van der Waals surface area (Å²) in [5.74, 6) is 1.08. The Balaban J connectivity index is 1.85. The zero-order valence-corrected chi connectivity index (χ0v) is 11.5. The van der Waals surface area contributed by atoms with Crippen molar-refractivity contribution in [1.82, 2.24) is 9.80 Å². The Bertz CT molecular complexity index is 244. The van der Waals surface area contributed by atoms with Crippen molar-refractivity contribution < 1.29 is 4.74 Å². The van der Waals surface area contributed by atoms with Crippen molar-refractivity contribution in [3.8, 4) is 0 Å². The summed E-state index contributed by atoms with van der Waals surface area (Å²) >= 11 is 7.17. The van der Waals surface area contributed by atoms with Crippen LogP contribution in [0.25, 0.3) is 0 Å². The molecule has 0 aromatic heterocycles. The summed E-state index contributed by atoms with van der Waals surface area (Å²) in [6, 6.07) is 0.792. The molecule has 0 spiro atoms. The second-order valence-electron chi connectivity index (χ2n) is 4.46. The number of hydrogen-bond acceptors (Lipinski definition) is 4. The first-order valence-electron chi connectivity index (χ1n) is 5.96. The molecule has 2 rings (SSSR count). The van der Waals surface area contributed by atoms with Crippen LogP contribution in [-0.4, -0.2) is 53.0 Å². The van der Waals surface area contributed by atoms with Crippen LogP contribution in [0, 0.1) is 0 Å². The summed E-state index contributed by atoms with van der Waals surface area (Å²) in [5, 5.41) is 0. The van der Waals surface area contributed by atoms with Gasteiger partial charge in [0.2, 0.25) is 0 Å². The number of nitrogens with zero attached hydrogens (tertiary/aromatic N) is 2. The van der Waals surface area contributed by atoms with Crippen LogP contribution in [0.1, 0.15) is 25.7 Å². The molecule has 0 radical (unpaired) electrons. The molecular formula is C11H20N2OS2. The number of rotatable bonds is 4. The molecule has 16 heavy (non-hydrogen) atoms. The smallest absolute Gasteiger partial charge is 0.138 e. The van der Waals surface area contributed by atoms with Crippen LogP contribution in [0.15, 0.2) is 0 Å². The minimum atomic E-state index is 0.763. The van der Waals surface area contributed by atoms with Crippen LogP contribution >= 0.6 is 24.0 Å². The minimum Gasteiger partial charge on any atom is -0.383 e. The van der Waals surface area contributed by atoms with E-state index in [0.717, 1.165) is 36.1 Å². The molecule has 1 aliphatic heterocycles. The first-order chi connectivity index (χ1) is 7.81. The molecule has 1 heterocycles. The van der Waals surface area contributed by atoms with Crippen molar-refractivity contribution in [2.45, 2.75) is 31.7 Å². The molecule has 1 aliphatic carbocycles. The molecule has 0 unspecified atom stereocenters. The second-order valence-corrected chi connectivity index (χ2v) is 6.04. The van der Waals surface area contributed by atoms with Gasteiger partial charge in [0.25, 0.3) is 0 Å². The van der Waals surface area contributed by atoms with Gasteiger partial charge in [-0.05, 0) is 12.8 Å². The Morgan fingerprint density at radius 2 is 2.19 bits per heavy atom. The molecule has 1 saturated heterocycles. The molecule has 0 aromatic carbocycles. The Hall–Kier alpha value is 0.160. The van der Waals surface area contributed by atoms with Gasteiger partial charge in [-0.25, -0.2) is 0 Å². The first-order valence-corrected chi connectivity index (χ1v) is 7.35. The lowest BCUT2D eigenvalue weighted by molar-refractivity contribution is 0.124. The summed E-state index contributed by atoms with van der Waals surface area (Å²) in [7, 11) is 1.74. The molecule has 0 atom stereocenters. The van der Waals surface area contributed by atoms with Gasteiger partial charge < -0.3 is 9.64 Å². The average molecular weight is 260 g/mol. The van der Waals surface area contributed by atoms with Crippen molar-refractivity contribution >= 4 is 28.3 Å². The van der Waals surface area contributed by atoms with Gasteiger partial charge in [0.05, 0.1) is 19.2 Å². The lowest BCUT2D eigenvalue weighted by atomic mass is 10.2. The predicted octanol–water partition coefficient (Wildman–Crippen LogP) is 2.13. The van der Waals surface area contributed by atoms with Gasteiger partial charge in [0.15, 0.2) is 0 Å². The highest BCUT2D eigenvalue weighted by Gasteiger charge is 2.28. The van der Waals surface area contributed by atoms with E-state index in [1.807, 2.05) is 0 Å². The van der Waals surface area contributed by atoms with E-state index in [9.17, 15) is 0 Å². The summed E-state index contributed by atoms with van der Waals surface area (Å²) < 4.78 is 6.16. The number of methoxy groups -OCH3 is 1. The maximum absolute atomic E-state index is 5.37. The molecule has 3 nitrogen and oxygen atoms in total. The standard InChI is InChI=1S/C11H20N2OS2/c1-14-7-6-12-8-13(9-16-11(12)15)10-4-2-3-5-10/h10H,2-9H2,1H3. The minimum absolute atomic E-state index is 0.763. The molecule has 92 valence electrons. The predicted molar refractivity (Wildman–Crippen MR) is 72.6 cm³/mol. The average Bonchev–Trinajstić information content (AvgIpc) is 2.81. The van der Waals surface area contributed by atoms with Gasteiger partial charge in [-0.2, -0.15) is 0 Å². The van der Waals surface area contributed by atoms with E-state index in [1.165, 1.54) is 25.7 Å². The van der Waals surface area contributed by atoms with Gasteiger partial charge in [0, 0.05) is 19.7 Å². The third kappa shape index (κ3) is 3.09. The summed E-state index contributed by atoms with van der Waals surface area (Å²) in [4.78, 5) is 4.84. The largest absolute Gasteiger partial charge is 0.383 e. The van der Waals surface area contributed by atoms with Crippen molar-refractivity contribution in [2.75, 3.05) is 32.8 Å². The highest BCUT2D eigenvalue weighted by atomic mass is 32.2. The van der Waals surface area contributed by atoms with Crippen molar-refractivity contribution in [3.05, 3.63) is 0 Å². The Kier molecular flexibility index (Phi) is 4.88. The Morgan fingerprint density at radius 3 is 2.88 bits per heavy atom. The Morgan fingerprint density at radius 1 is 1.44 bits per heavy atom. The van der Waals surface area contributed by atoms with Crippen molar-refractivity contribution in [1.29, 1.82) is 0 Å². The fourth-order valence-corrected chi connectivity index (χ4v) is 3.61. The molecule has 1 saturated carbocycles.